The minimum absolute atomic E-state index is 0.0997. The average Bonchev–Trinajstić information content (AvgIpc) is 3.00. The second kappa shape index (κ2) is 18.6. The first-order valence-corrected chi connectivity index (χ1v) is 16.7. The van der Waals surface area contributed by atoms with Crippen LogP contribution < -0.4 is 16.4 Å². The number of unbranched alkanes of at least 4 members (excludes halogenated alkanes) is 2. The summed E-state index contributed by atoms with van der Waals surface area (Å²) in [6, 6.07) is 12.2. The number of benzene rings is 2. The maximum Gasteiger partial charge on any atom is 0.408 e. The van der Waals surface area contributed by atoms with Crippen molar-refractivity contribution in [3.05, 3.63) is 71.3 Å². The summed E-state index contributed by atoms with van der Waals surface area (Å²) < 4.78 is 11.1. The number of amides is 4. The molecule has 0 aliphatic heterocycles. The van der Waals surface area contributed by atoms with Crippen molar-refractivity contribution in [2.24, 2.45) is 5.73 Å². The van der Waals surface area contributed by atoms with Crippen molar-refractivity contribution < 1.29 is 33.4 Å². The van der Waals surface area contributed by atoms with Gasteiger partial charge in [-0.2, -0.15) is 0 Å². The fourth-order valence-corrected chi connectivity index (χ4v) is 5.08. The molecule has 0 saturated heterocycles. The molecule has 2 rings (SSSR count). The molecule has 0 saturated carbocycles. The maximum absolute atomic E-state index is 14.6. The fourth-order valence-electron chi connectivity index (χ4n) is 5.08. The molecule has 4 N–H and O–H groups in total. The molecule has 3 atom stereocenters. The molecule has 0 fully saturated rings. The number of hydrogen-bond acceptors (Lipinski definition) is 7. The molecule has 49 heavy (non-hydrogen) atoms. The molecule has 0 radical (unpaired) electrons. The molecular formula is C38H52N4O7. The summed E-state index contributed by atoms with van der Waals surface area (Å²) in [7, 11) is 0. The standard InChI is InChI=1S/C38H52N4O7/c1-9-11-17-24-42(34(45)29(22-23-31(39)43)41-36(47)49-38(6,7)8)32(28-21-16-15-20-27(28)10-2)33(44)40-30(35(46)48-37(3,4)5)25-26-18-13-12-14-19-26/h2,12-16,18-21,29-30,32H,9,11,17,22-25H2,1,3-8H3,(H2,39,43)(H,40,44)(H,41,47). The second-order valence-corrected chi connectivity index (χ2v) is 13.9. The van der Waals surface area contributed by atoms with E-state index in [1.165, 1.54) is 4.90 Å². The number of alkyl carbamates (subject to hydrolysis) is 1. The molecule has 11 nitrogen and oxygen atoms in total. The molecule has 0 aromatic heterocycles. The van der Waals surface area contributed by atoms with Crippen LogP contribution in [0.3, 0.4) is 0 Å². The highest BCUT2D eigenvalue weighted by molar-refractivity contribution is 5.94. The summed E-state index contributed by atoms with van der Waals surface area (Å²) in [6.07, 6.45) is 6.84. The largest absolute Gasteiger partial charge is 0.458 e. The monoisotopic (exact) mass is 676 g/mol. The third kappa shape index (κ3) is 14.0. The summed E-state index contributed by atoms with van der Waals surface area (Å²) in [5.41, 5.74) is 5.22. The number of rotatable bonds is 16. The number of carbonyl (C=O) groups excluding carboxylic acids is 5. The van der Waals surface area contributed by atoms with E-state index >= 15 is 0 Å². The molecular weight excluding hydrogens is 624 g/mol. The quantitative estimate of drug-likeness (QED) is 0.129. The van der Waals surface area contributed by atoms with Crippen LogP contribution in [0, 0.1) is 12.3 Å². The molecule has 4 amide bonds. The van der Waals surface area contributed by atoms with Crippen molar-refractivity contribution in [1.82, 2.24) is 15.5 Å². The van der Waals surface area contributed by atoms with E-state index in [1.54, 1.807) is 65.8 Å². The van der Waals surface area contributed by atoms with Gasteiger partial charge in [0.05, 0.1) is 0 Å². The van der Waals surface area contributed by atoms with Gasteiger partial charge in [-0.25, -0.2) is 9.59 Å². The zero-order chi connectivity index (χ0) is 36.8. The van der Waals surface area contributed by atoms with Crippen LogP contribution in [-0.4, -0.2) is 64.5 Å². The number of nitrogens with one attached hydrogen (secondary N) is 2. The Balaban J connectivity index is 2.70. The van der Waals surface area contributed by atoms with E-state index in [0.29, 0.717) is 17.5 Å². The molecule has 0 aliphatic rings. The molecule has 266 valence electrons. The Kier molecular flexibility index (Phi) is 15.3. The van der Waals surface area contributed by atoms with E-state index < -0.39 is 59.1 Å². The molecule has 0 aliphatic carbocycles. The molecule has 11 heteroatoms. The summed E-state index contributed by atoms with van der Waals surface area (Å²) in [4.78, 5) is 68.8. The Labute approximate surface area is 290 Å². The number of ether oxygens (including phenoxy) is 2. The van der Waals surface area contributed by atoms with Crippen molar-refractivity contribution in [1.29, 1.82) is 0 Å². The summed E-state index contributed by atoms with van der Waals surface area (Å²) in [6.45, 7) is 12.3. The fraction of sp³-hybridized carbons (Fsp3) is 0.500. The van der Waals surface area contributed by atoms with Crippen LogP contribution in [-0.2, 0) is 35.1 Å². The molecule has 2 aromatic rings. The van der Waals surface area contributed by atoms with Crippen LogP contribution in [0.25, 0.3) is 0 Å². The highest BCUT2D eigenvalue weighted by atomic mass is 16.6. The van der Waals surface area contributed by atoms with E-state index in [0.717, 1.165) is 18.4 Å². The lowest BCUT2D eigenvalue weighted by Gasteiger charge is -2.36. The minimum atomic E-state index is -1.33. The third-order valence-electron chi connectivity index (χ3n) is 7.22. The highest BCUT2D eigenvalue weighted by Crippen LogP contribution is 2.27. The normalized spacial score (nSPS) is 13.2. The van der Waals surface area contributed by atoms with Gasteiger partial charge in [0.25, 0.3) is 0 Å². The van der Waals surface area contributed by atoms with Gasteiger partial charge in [-0.3, -0.25) is 14.4 Å². The lowest BCUT2D eigenvalue weighted by atomic mass is 9.96. The Morgan fingerprint density at radius 3 is 2.04 bits per heavy atom. The first kappa shape index (κ1) is 40.3. The number of carbonyl (C=O) groups is 5. The average molecular weight is 677 g/mol. The van der Waals surface area contributed by atoms with Crippen LogP contribution in [0.4, 0.5) is 4.79 Å². The smallest absolute Gasteiger partial charge is 0.408 e. The van der Waals surface area contributed by atoms with Crippen LogP contribution >= 0.6 is 0 Å². The lowest BCUT2D eigenvalue weighted by molar-refractivity contribution is -0.159. The Bertz CT molecular complexity index is 1470. The predicted octanol–water partition coefficient (Wildman–Crippen LogP) is 4.96. The Morgan fingerprint density at radius 1 is 0.857 bits per heavy atom. The van der Waals surface area contributed by atoms with Crippen molar-refractivity contribution in [2.45, 2.75) is 116 Å². The Hall–Kier alpha value is -4.85. The number of hydrogen-bond donors (Lipinski definition) is 3. The van der Waals surface area contributed by atoms with Crippen LogP contribution in [0.1, 0.15) is 103 Å². The highest BCUT2D eigenvalue weighted by Gasteiger charge is 2.39. The second-order valence-electron chi connectivity index (χ2n) is 13.9. The van der Waals surface area contributed by atoms with Crippen LogP contribution in [0.5, 0.6) is 0 Å². The van der Waals surface area contributed by atoms with Gasteiger partial charge < -0.3 is 30.7 Å². The van der Waals surface area contributed by atoms with Crippen LogP contribution in [0.2, 0.25) is 0 Å². The number of nitrogens with two attached hydrogens (primary N) is 1. The molecule has 2 aromatic carbocycles. The van der Waals surface area contributed by atoms with Crippen LogP contribution in [0.15, 0.2) is 54.6 Å². The number of primary amides is 1. The third-order valence-corrected chi connectivity index (χ3v) is 7.22. The Morgan fingerprint density at radius 2 is 1.47 bits per heavy atom. The van der Waals surface area contributed by atoms with Gasteiger partial charge in [-0.15, -0.1) is 6.42 Å². The van der Waals surface area contributed by atoms with Gasteiger partial charge >= 0.3 is 12.1 Å². The summed E-state index contributed by atoms with van der Waals surface area (Å²) in [5.74, 6) is -0.0376. The molecule has 0 heterocycles. The van der Waals surface area contributed by atoms with E-state index in [9.17, 15) is 24.0 Å². The topological polar surface area (TPSA) is 157 Å². The van der Waals surface area contributed by atoms with Gasteiger partial charge in [0, 0.05) is 24.9 Å². The van der Waals surface area contributed by atoms with E-state index in [-0.39, 0.29) is 25.8 Å². The van der Waals surface area contributed by atoms with Gasteiger partial charge in [0.2, 0.25) is 17.7 Å². The number of terminal acetylenes is 1. The van der Waals surface area contributed by atoms with E-state index in [2.05, 4.69) is 16.6 Å². The van der Waals surface area contributed by atoms with Crippen molar-refractivity contribution in [3.8, 4) is 12.3 Å². The van der Waals surface area contributed by atoms with Gasteiger partial charge in [-0.1, -0.05) is 74.2 Å². The number of esters is 1. The SMILES string of the molecule is C#Cc1ccccc1C(C(=O)NC(Cc1ccccc1)C(=O)OC(C)(C)C)N(CCCCC)C(=O)C(CCC(N)=O)NC(=O)OC(C)(C)C. The minimum Gasteiger partial charge on any atom is -0.458 e. The van der Waals surface area contributed by atoms with E-state index in [1.807, 2.05) is 37.3 Å². The zero-order valence-corrected chi connectivity index (χ0v) is 29.8. The maximum atomic E-state index is 14.6. The van der Waals surface area contributed by atoms with Crippen molar-refractivity contribution >= 4 is 29.8 Å². The summed E-state index contributed by atoms with van der Waals surface area (Å²) >= 11 is 0. The molecule has 0 spiro atoms. The lowest BCUT2D eigenvalue weighted by Crippen LogP contribution is -2.55. The first-order chi connectivity index (χ1) is 23.0. The van der Waals surface area contributed by atoms with Gasteiger partial charge in [0.1, 0.15) is 29.3 Å². The predicted molar refractivity (Wildman–Crippen MR) is 188 cm³/mol. The first-order valence-electron chi connectivity index (χ1n) is 16.7. The molecule has 0 bridgehead atoms. The van der Waals surface area contributed by atoms with Gasteiger partial charge in [-0.05, 0) is 71.6 Å². The van der Waals surface area contributed by atoms with E-state index in [4.69, 9.17) is 21.6 Å². The van der Waals surface area contributed by atoms with Crippen molar-refractivity contribution in [3.63, 3.8) is 0 Å². The van der Waals surface area contributed by atoms with Crippen molar-refractivity contribution in [2.75, 3.05) is 6.54 Å². The zero-order valence-electron chi connectivity index (χ0n) is 29.8. The van der Waals surface area contributed by atoms with Gasteiger partial charge in [0.15, 0.2) is 0 Å². The number of nitrogens with zero attached hydrogens (tertiary/aromatic N) is 1. The molecule has 3 unspecified atom stereocenters. The summed E-state index contributed by atoms with van der Waals surface area (Å²) in [5, 5.41) is 5.45.